The number of benzene rings is 1. The van der Waals surface area contributed by atoms with Crippen molar-refractivity contribution >= 4 is 16.9 Å². The molecule has 0 radical (unpaired) electrons. The number of ether oxygens (including phenoxy) is 1. The van der Waals surface area contributed by atoms with E-state index in [9.17, 15) is 14.3 Å². The van der Waals surface area contributed by atoms with Crippen LogP contribution in [0.5, 0.6) is 5.75 Å². The van der Waals surface area contributed by atoms with Crippen LogP contribution in [-0.2, 0) is 4.79 Å². The second-order valence-corrected chi connectivity index (χ2v) is 9.49. The molecule has 33 heavy (non-hydrogen) atoms. The first-order valence-corrected chi connectivity index (χ1v) is 11.4. The first-order valence-electron chi connectivity index (χ1n) is 11.4. The largest absolute Gasteiger partial charge is 0.496 e. The average molecular weight is 453 g/mol. The van der Waals surface area contributed by atoms with Gasteiger partial charge in [-0.05, 0) is 68.8 Å². The van der Waals surface area contributed by atoms with Crippen LogP contribution >= 0.6 is 0 Å². The fourth-order valence-electron chi connectivity index (χ4n) is 5.04. The van der Waals surface area contributed by atoms with Crippen LogP contribution in [0.25, 0.3) is 22.2 Å². The molecule has 0 aliphatic carbocycles. The molecular formula is C25H29FN4O3. The van der Waals surface area contributed by atoms with Gasteiger partial charge in [-0.25, -0.2) is 9.37 Å². The van der Waals surface area contributed by atoms with Gasteiger partial charge in [0.1, 0.15) is 17.2 Å². The number of aromatic amines is 1. The van der Waals surface area contributed by atoms with Crippen molar-refractivity contribution in [2.45, 2.75) is 31.3 Å². The average Bonchev–Trinajstić information content (AvgIpc) is 3.22. The van der Waals surface area contributed by atoms with E-state index in [4.69, 9.17) is 4.74 Å². The van der Waals surface area contributed by atoms with Crippen LogP contribution in [0.4, 0.5) is 4.39 Å². The summed E-state index contributed by atoms with van der Waals surface area (Å²) in [5.74, 6) is 0.740. The Kier molecular flexibility index (Phi) is 5.58. The summed E-state index contributed by atoms with van der Waals surface area (Å²) in [6.07, 6.45) is 3.61. The molecule has 2 fully saturated rings. The van der Waals surface area contributed by atoms with E-state index in [2.05, 4.69) is 20.9 Å². The minimum absolute atomic E-state index is 0.0865. The van der Waals surface area contributed by atoms with Gasteiger partial charge >= 0.3 is 0 Å². The number of aromatic nitrogens is 2. The number of aliphatic hydroxyl groups is 1. The molecular weight excluding hydrogens is 423 g/mol. The molecule has 4 heterocycles. The molecule has 5 rings (SSSR count). The molecule has 1 amide bonds. The van der Waals surface area contributed by atoms with Crippen LogP contribution in [0.1, 0.15) is 31.4 Å². The number of carbonyl (C=O) groups excluding carboxylic acids is 1. The number of β-amino-alcohol motifs (C(OH)–C–C–N with tert-alkyl or cyclic N) is 1. The van der Waals surface area contributed by atoms with Crippen LogP contribution in [-0.4, -0.2) is 76.2 Å². The molecule has 7 nitrogen and oxygen atoms in total. The number of fused-ring (bicyclic) bond motifs is 1. The van der Waals surface area contributed by atoms with E-state index in [0.29, 0.717) is 36.9 Å². The molecule has 2 aliphatic rings. The smallest absolute Gasteiger partial charge is 0.236 e. The van der Waals surface area contributed by atoms with E-state index < -0.39 is 5.60 Å². The zero-order chi connectivity index (χ0) is 23.2. The highest BCUT2D eigenvalue weighted by atomic mass is 19.1. The fraction of sp³-hybridized carbons (Fsp3) is 0.440. The Balaban J connectivity index is 1.30. The predicted octanol–water partition coefficient (Wildman–Crippen LogP) is 3.15. The number of H-pyrrole nitrogens is 1. The highest BCUT2D eigenvalue weighted by Gasteiger charge is 2.39. The molecule has 174 valence electrons. The number of nitrogens with one attached hydrogen (secondary N) is 1. The Morgan fingerprint density at radius 2 is 2.00 bits per heavy atom. The summed E-state index contributed by atoms with van der Waals surface area (Å²) >= 11 is 0. The maximum absolute atomic E-state index is 14.0. The summed E-state index contributed by atoms with van der Waals surface area (Å²) in [7, 11) is 1.58. The van der Waals surface area contributed by atoms with Gasteiger partial charge in [0, 0.05) is 28.8 Å². The number of methoxy groups -OCH3 is 1. The lowest BCUT2D eigenvalue weighted by molar-refractivity contribution is -0.153. The highest BCUT2D eigenvalue weighted by Crippen LogP contribution is 2.37. The van der Waals surface area contributed by atoms with Crippen LogP contribution in [0.3, 0.4) is 0 Å². The fourth-order valence-corrected chi connectivity index (χ4v) is 5.04. The zero-order valence-corrected chi connectivity index (χ0v) is 19.0. The van der Waals surface area contributed by atoms with Gasteiger partial charge in [-0.1, -0.05) is 0 Å². The molecule has 0 spiro atoms. The van der Waals surface area contributed by atoms with Gasteiger partial charge in [-0.2, -0.15) is 0 Å². The summed E-state index contributed by atoms with van der Waals surface area (Å²) < 4.78 is 19.4. The van der Waals surface area contributed by atoms with Gasteiger partial charge in [0.15, 0.2) is 0 Å². The van der Waals surface area contributed by atoms with Gasteiger partial charge in [-0.15, -0.1) is 0 Å². The van der Waals surface area contributed by atoms with Gasteiger partial charge in [0.25, 0.3) is 0 Å². The van der Waals surface area contributed by atoms with Crippen molar-refractivity contribution in [3.8, 4) is 16.9 Å². The summed E-state index contributed by atoms with van der Waals surface area (Å²) in [6, 6.07) is 8.54. The third-order valence-corrected chi connectivity index (χ3v) is 6.81. The topological polar surface area (TPSA) is 81.7 Å². The highest BCUT2D eigenvalue weighted by molar-refractivity contribution is 5.95. The minimum atomic E-state index is -0.735. The van der Waals surface area contributed by atoms with E-state index in [1.54, 1.807) is 31.2 Å². The molecule has 3 aromatic rings. The Labute approximate surface area is 192 Å². The second kappa shape index (κ2) is 8.43. The van der Waals surface area contributed by atoms with E-state index in [1.807, 2.05) is 6.07 Å². The number of hydrogen-bond acceptors (Lipinski definition) is 5. The molecule has 0 unspecified atom stereocenters. The molecule has 2 saturated heterocycles. The number of pyridine rings is 1. The summed E-state index contributed by atoms with van der Waals surface area (Å²) in [5.41, 5.74) is 2.74. The number of carbonyl (C=O) groups is 1. The number of piperidine rings is 1. The molecule has 2 aromatic heterocycles. The monoisotopic (exact) mass is 452 g/mol. The lowest BCUT2D eigenvalue weighted by atomic mass is 9.92. The van der Waals surface area contributed by atoms with E-state index in [1.165, 1.54) is 12.1 Å². The summed E-state index contributed by atoms with van der Waals surface area (Å²) in [6.45, 7) is 4.68. The molecule has 0 atom stereocenters. The molecule has 0 bridgehead atoms. The molecule has 0 saturated carbocycles. The third-order valence-electron chi connectivity index (χ3n) is 6.81. The van der Waals surface area contributed by atoms with Gasteiger partial charge in [0.05, 0.1) is 32.3 Å². The first kappa shape index (κ1) is 21.9. The van der Waals surface area contributed by atoms with Crippen molar-refractivity contribution in [3.05, 3.63) is 48.0 Å². The SMILES string of the molecule is COc1ccc(F)cc1-c1ccnc2[nH]c(C3CCN(CC(=O)N4CC(C)(O)C4)CC3)cc12. The Hall–Kier alpha value is -2.97. The Morgan fingerprint density at radius 3 is 2.70 bits per heavy atom. The normalized spacial score (nSPS) is 19.0. The quantitative estimate of drug-likeness (QED) is 0.622. The number of halogens is 1. The molecule has 2 aliphatic heterocycles. The Bertz CT molecular complexity index is 1180. The molecule has 8 heteroatoms. The van der Waals surface area contributed by atoms with Crippen LogP contribution in [0, 0.1) is 5.82 Å². The van der Waals surface area contributed by atoms with Crippen molar-refractivity contribution in [2.75, 3.05) is 39.8 Å². The maximum atomic E-state index is 14.0. The Morgan fingerprint density at radius 1 is 1.24 bits per heavy atom. The van der Waals surface area contributed by atoms with Crippen molar-refractivity contribution in [1.82, 2.24) is 19.8 Å². The van der Waals surface area contributed by atoms with Gasteiger partial charge in [0.2, 0.25) is 5.91 Å². The lowest BCUT2D eigenvalue weighted by Gasteiger charge is -2.45. The number of amides is 1. The molecule has 2 N–H and O–H groups in total. The van der Waals surface area contributed by atoms with Crippen molar-refractivity contribution in [2.24, 2.45) is 0 Å². The van der Waals surface area contributed by atoms with Gasteiger partial charge < -0.3 is 19.7 Å². The predicted molar refractivity (Wildman–Crippen MR) is 124 cm³/mol. The van der Waals surface area contributed by atoms with Gasteiger partial charge in [-0.3, -0.25) is 9.69 Å². The van der Waals surface area contributed by atoms with Crippen LogP contribution in [0.2, 0.25) is 0 Å². The van der Waals surface area contributed by atoms with Crippen molar-refractivity contribution < 1.29 is 19.0 Å². The minimum Gasteiger partial charge on any atom is -0.496 e. The van der Waals surface area contributed by atoms with Crippen LogP contribution < -0.4 is 4.74 Å². The summed E-state index contributed by atoms with van der Waals surface area (Å²) in [5, 5.41) is 10.8. The van der Waals surface area contributed by atoms with E-state index in [-0.39, 0.29) is 11.7 Å². The third kappa shape index (κ3) is 4.32. The first-order chi connectivity index (χ1) is 15.8. The van der Waals surface area contributed by atoms with Crippen LogP contribution in [0.15, 0.2) is 36.5 Å². The summed E-state index contributed by atoms with van der Waals surface area (Å²) in [4.78, 5) is 24.3. The number of rotatable bonds is 5. The van der Waals surface area contributed by atoms with Crippen molar-refractivity contribution in [1.29, 1.82) is 0 Å². The van der Waals surface area contributed by atoms with E-state index >= 15 is 0 Å². The maximum Gasteiger partial charge on any atom is 0.236 e. The standard InChI is InChI=1S/C25H29FN4O3/c1-25(32)14-30(15-25)23(31)13-29-9-6-16(7-10-29)21-12-20-18(5-8-27-24(20)28-21)19-11-17(26)3-4-22(19)33-2/h3-5,8,11-12,16,32H,6-7,9-10,13-15H2,1-2H3,(H,27,28). The number of hydrogen-bond donors (Lipinski definition) is 2. The van der Waals surface area contributed by atoms with E-state index in [0.717, 1.165) is 48.2 Å². The van der Waals surface area contributed by atoms with Crippen molar-refractivity contribution in [3.63, 3.8) is 0 Å². The zero-order valence-electron chi connectivity index (χ0n) is 19.0. The second-order valence-electron chi connectivity index (χ2n) is 9.49. The number of likely N-dealkylation sites (tertiary alicyclic amines) is 2. The number of nitrogens with zero attached hydrogens (tertiary/aromatic N) is 3. The lowest BCUT2D eigenvalue weighted by Crippen LogP contribution is -2.63. The molecule has 1 aromatic carbocycles.